The number of hydrazone groups is 1. The van der Waals surface area contributed by atoms with E-state index < -0.39 is 0 Å². The molecule has 0 spiro atoms. The van der Waals surface area contributed by atoms with Crippen molar-refractivity contribution in [3.8, 4) is 0 Å². The molecule has 86 valence electrons. The molecule has 0 bridgehead atoms. The van der Waals surface area contributed by atoms with Crippen molar-refractivity contribution in [2.45, 2.75) is 13.8 Å². The Morgan fingerprint density at radius 2 is 2.06 bits per heavy atom. The van der Waals surface area contributed by atoms with Crippen molar-refractivity contribution in [1.29, 1.82) is 0 Å². The minimum atomic E-state index is 0.868. The van der Waals surface area contributed by atoms with Crippen molar-refractivity contribution in [1.82, 2.24) is 4.98 Å². The fraction of sp³-hybridized carbons (Fsp3) is 0.143. The minimum Gasteiger partial charge on any atom is -0.278 e. The summed E-state index contributed by atoms with van der Waals surface area (Å²) in [7, 11) is 0. The molecule has 0 atom stereocenters. The van der Waals surface area contributed by atoms with Crippen LogP contribution in [0.4, 0.5) is 5.69 Å². The molecule has 1 N–H and O–H groups in total. The standard InChI is InChI=1S/C14H15N3/c1-11-6-5-7-13(10-11)17-16-12(2)14-8-3-4-9-15-14/h3-10,17H,1-2H3/b16-12-. The maximum Gasteiger partial charge on any atom is 0.0859 e. The number of benzene rings is 1. The molecule has 3 heteroatoms. The Hall–Kier alpha value is -2.16. The summed E-state index contributed by atoms with van der Waals surface area (Å²) < 4.78 is 0. The molecular formula is C14H15N3. The van der Waals surface area contributed by atoms with Crippen LogP contribution in [-0.2, 0) is 0 Å². The summed E-state index contributed by atoms with van der Waals surface area (Å²) in [6.07, 6.45) is 1.76. The Morgan fingerprint density at radius 3 is 2.76 bits per heavy atom. The van der Waals surface area contributed by atoms with Gasteiger partial charge >= 0.3 is 0 Å². The Bertz CT molecular complexity index is 518. The van der Waals surface area contributed by atoms with E-state index in [-0.39, 0.29) is 0 Å². The van der Waals surface area contributed by atoms with Gasteiger partial charge in [-0.3, -0.25) is 10.4 Å². The molecule has 0 unspecified atom stereocenters. The topological polar surface area (TPSA) is 37.3 Å². The molecule has 2 rings (SSSR count). The quantitative estimate of drug-likeness (QED) is 0.643. The molecule has 0 aliphatic rings. The van der Waals surface area contributed by atoms with Crippen LogP contribution in [0.1, 0.15) is 18.2 Å². The molecule has 0 saturated carbocycles. The number of aromatic nitrogens is 1. The summed E-state index contributed by atoms with van der Waals surface area (Å²) in [6, 6.07) is 13.9. The number of hydrogen-bond donors (Lipinski definition) is 1. The Balaban J connectivity index is 2.11. The van der Waals surface area contributed by atoms with Gasteiger partial charge in [0, 0.05) is 6.20 Å². The van der Waals surface area contributed by atoms with Gasteiger partial charge in [0.15, 0.2) is 0 Å². The van der Waals surface area contributed by atoms with Crippen molar-refractivity contribution in [2.24, 2.45) is 5.10 Å². The third kappa shape index (κ3) is 3.14. The van der Waals surface area contributed by atoms with E-state index in [0.717, 1.165) is 17.1 Å². The lowest BCUT2D eigenvalue weighted by molar-refractivity contribution is 1.25. The second-order valence-electron chi connectivity index (χ2n) is 3.89. The minimum absolute atomic E-state index is 0.868. The molecular weight excluding hydrogens is 210 g/mol. The third-order valence-electron chi connectivity index (χ3n) is 2.41. The van der Waals surface area contributed by atoms with Crippen LogP contribution in [-0.4, -0.2) is 10.7 Å². The molecule has 1 heterocycles. The molecule has 2 aromatic rings. The second-order valence-corrected chi connectivity index (χ2v) is 3.89. The maximum absolute atomic E-state index is 4.31. The summed E-state index contributed by atoms with van der Waals surface area (Å²) >= 11 is 0. The number of anilines is 1. The third-order valence-corrected chi connectivity index (χ3v) is 2.41. The van der Waals surface area contributed by atoms with Gasteiger partial charge in [0.25, 0.3) is 0 Å². The van der Waals surface area contributed by atoms with E-state index in [1.54, 1.807) is 6.20 Å². The van der Waals surface area contributed by atoms with Crippen molar-refractivity contribution in [2.75, 3.05) is 5.43 Å². The van der Waals surface area contributed by atoms with Crippen molar-refractivity contribution >= 4 is 11.4 Å². The average Bonchev–Trinajstić information content (AvgIpc) is 2.37. The molecule has 1 aromatic heterocycles. The van der Waals surface area contributed by atoms with Gasteiger partial charge in [-0.15, -0.1) is 0 Å². The number of nitrogens with zero attached hydrogens (tertiary/aromatic N) is 2. The van der Waals surface area contributed by atoms with Gasteiger partial charge in [0.2, 0.25) is 0 Å². The number of hydrogen-bond acceptors (Lipinski definition) is 3. The lowest BCUT2D eigenvalue weighted by atomic mass is 10.2. The summed E-state index contributed by atoms with van der Waals surface area (Å²) in [5.41, 5.74) is 6.98. The highest BCUT2D eigenvalue weighted by atomic mass is 15.3. The van der Waals surface area contributed by atoms with Gasteiger partial charge in [-0.2, -0.15) is 5.10 Å². The summed E-state index contributed by atoms with van der Waals surface area (Å²) in [5, 5.41) is 4.31. The first-order valence-electron chi connectivity index (χ1n) is 5.54. The maximum atomic E-state index is 4.31. The van der Waals surface area contributed by atoms with Crippen LogP contribution in [0, 0.1) is 6.92 Å². The Morgan fingerprint density at radius 1 is 1.18 bits per heavy atom. The van der Waals surface area contributed by atoms with E-state index >= 15 is 0 Å². The van der Waals surface area contributed by atoms with Crippen molar-refractivity contribution in [3.63, 3.8) is 0 Å². The first-order valence-corrected chi connectivity index (χ1v) is 5.54. The molecule has 0 aliphatic heterocycles. The zero-order valence-electron chi connectivity index (χ0n) is 10.0. The van der Waals surface area contributed by atoms with Gasteiger partial charge in [-0.1, -0.05) is 18.2 Å². The molecule has 1 aromatic carbocycles. The number of nitrogens with one attached hydrogen (secondary N) is 1. The summed E-state index contributed by atoms with van der Waals surface area (Å²) in [5.74, 6) is 0. The molecule has 0 radical (unpaired) electrons. The van der Waals surface area contributed by atoms with E-state index in [9.17, 15) is 0 Å². The lowest BCUT2D eigenvalue weighted by Gasteiger charge is -2.03. The van der Waals surface area contributed by atoms with Crippen molar-refractivity contribution < 1.29 is 0 Å². The van der Waals surface area contributed by atoms with Gasteiger partial charge in [0.1, 0.15) is 0 Å². The fourth-order valence-corrected chi connectivity index (χ4v) is 1.50. The highest BCUT2D eigenvalue weighted by Gasteiger charge is 1.97. The summed E-state index contributed by atoms with van der Waals surface area (Å²) in [4.78, 5) is 4.24. The first-order chi connectivity index (χ1) is 8.25. The lowest BCUT2D eigenvalue weighted by Crippen LogP contribution is -2.01. The van der Waals surface area contributed by atoms with Gasteiger partial charge < -0.3 is 0 Å². The fourth-order valence-electron chi connectivity index (χ4n) is 1.50. The molecule has 0 saturated heterocycles. The zero-order chi connectivity index (χ0) is 12.1. The Kier molecular flexibility index (Phi) is 3.50. The van der Waals surface area contributed by atoms with Crippen LogP contribution in [0.25, 0.3) is 0 Å². The van der Waals surface area contributed by atoms with Crippen LogP contribution in [0.3, 0.4) is 0 Å². The number of aryl methyl sites for hydroxylation is 1. The molecule has 0 amide bonds. The highest BCUT2D eigenvalue weighted by Crippen LogP contribution is 2.09. The highest BCUT2D eigenvalue weighted by molar-refractivity contribution is 5.97. The van der Waals surface area contributed by atoms with E-state index in [0.29, 0.717) is 0 Å². The molecule has 17 heavy (non-hydrogen) atoms. The predicted octanol–water partition coefficient (Wildman–Crippen LogP) is 3.23. The van der Waals surface area contributed by atoms with E-state index in [2.05, 4.69) is 34.6 Å². The second kappa shape index (κ2) is 5.25. The first kappa shape index (κ1) is 11.3. The molecule has 0 fully saturated rings. The number of pyridine rings is 1. The summed E-state index contributed by atoms with van der Waals surface area (Å²) in [6.45, 7) is 3.99. The van der Waals surface area contributed by atoms with Crippen molar-refractivity contribution in [3.05, 3.63) is 59.9 Å². The smallest absolute Gasteiger partial charge is 0.0859 e. The molecule has 3 nitrogen and oxygen atoms in total. The van der Waals surface area contributed by atoms with Gasteiger partial charge in [-0.05, 0) is 43.7 Å². The van der Waals surface area contributed by atoms with Crippen LogP contribution in [0.5, 0.6) is 0 Å². The monoisotopic (exact) mass is 225 g/mol. The van der Waals surface area contributed by atoms with E-state index in [4.69, 9.17) is 0 Å². The van der Waals surface area contributed by atoms with Gasteiger partial charge in [0.05, 0.1) is 17.1 Å². The zero-order valence-corrected chi connectivity index (χ0v) is 10.0. The van der Waals surface area contributed by atoms with E-state index in [1.165, 1.54) is 5.56 Å². The van der Waals surface area contributed by atoms with Gasteiger partial charge in [-0.25, -0.2) is 0 Å². The van der Waals surface area contributed by atoms with Crippen LogP contribution >= 0.6 is 0 Å². The van der Waals surface area contributed by atoms with E-state index in [1.807, 2.05) is 37.3 Å². The molecule has 0 aliphatic carbocycles. The Labute approximate surface area is 101 Å². The normalized spacial score (nSPS) is 11.3. The van der Waals surface area contributed by atoms with Crippen LogP contribution < -0.4 is 5.43 Å². The SMILES string of the molecule is C/C(=N/Nc1cccc(C)c1)c1ccccn1. The van der Waals surface area contributed by atoms with Crippen LogP contribution in [0.15, 0.2) is 53.8 Å². The largest absolute Gasteiger partial charge is 0.278 e. The number of rotatable bonds is 3. The average molecular weight is 225 g/mol. The predicted molar refractivity (Wildman–Crippen MR) is 71.2 cm³/mol. The van der Waals surface area contributed by atoms with Crippen LogP contribution in [0.2, 0.25) is 0 Å².